The van der Waals surface area contributed by atoms with Crippen LogP contribution < -0.4 is 14.5 Å². The first-order valence-corrected chi connectivity index (χ1v) is 14.5. The first kappa shape index (κ1) is 26.2. The lowest BCUT2D eigenvalue weighted by molar-refractivity contribution is -0.131. The van der Waals surface area contributed by atoms with E-state index in [9.17, 15) is 18.0 Å². The SMILES string of the molecule is CC(=O)N1CCC(F)(COc2cc(C(N)=O)nc3c2C(C2CCC2)=N[N+]3(c2ccccc2)S(C)(=O)=O)CC1. The summed E-state index contributed by atoms with van der Waals surface area (Å²) in [7, 11) is -4.03. The molecule has 5 rings (SSSR count). The molecule has 1 aromatic carbocycles. The molecule has 3 aliphatic rings. The topological polar surface area (TPSA) is 132 Å². The highest BCUT2D eigenvalue weighted by atomic mass is 32.2. The Bertz CT molecular complexity index is 1420. The van der Waals surface area contributed by atoms with E-state index in [2.05, 4.69) is 4.98 Å². The Morgan fingerprint density at radius 2 is 1.87 bits per heavy atom. The summed E-state index contributed by atoms with van der Waals surface area (Å²) < 4.78 is 47.8. The number of nitrogens with two attached hydrogens (primary N) is 1. The molecule has 3 heterocycles. The number of nitrogens with zero attached hydrogens (tertiary/aromatic N) is 4. The number of aromatic nitrogens is 1. The largest absolute Gasteiger partial charge is 0.489 e. The van der Waals surface area contributed by atoms with Crippen LogP contribution in [0.2, 0.25) is 0 Å². The molecule has 0 radical (unpaired) electrons. The minimum Gasteiger partial charge on any atom is -0.489 e. The van der Waals surface area contributed by atoms with E-state index < -0.39 is 25.6 Å². The summed E-state index contributed by atoms with van der Waals surface area (Å²) in [6.07, 6.45) is 3.84. The number of para-hydroxylation sites is 1. The highest BCUT2D eigenvalue weighted by Gasteiger charge is 2.56. The molecule has 1 unspecified atom stereocenters. The van der Waals surface area contributed by atoms with Gasteiger partial charge in [0, 0.05) is 57.0 Å². The minimum atomic E-state index is -4.03. The molecule has 2 amide bonds. The summed E-state index contributed by atoms with van der Waals surface area (Å²) in [5.74, 6) is -0.894. The van der Waals surface area contributed by atoms with E-state index >= 15 is 4.39 Å². The Hall–Kier alpha value is -3.38. The van der Waals surface area contributed by atoms with Crippen molar-refractivity contribution < 1.29 is 27.1 Å². The van der Waals surface area contributed by atoms with Gasteiger partial charge in [0.1, 0.15) is 35.0 Å². The molecule has 12 heteroatoms. The summed E-state index contributed by atoms with van der Waals surface area (Å²) >= 11 is 0. The van der Waals surface area contributed by atoms with Crippen molar-refractivity contribution in [3.63, 3.8) is 0 Å². The van der Waals surface area contributed by atoms with Crippen LogP contribution in [-0.4, -0.2) is 67.4 Å². The van der Waals surface area contributed by atoms with Gasteiger partial charge in [-0.15, -0.1) is 0 Å². The fourth-order valence-electron chi connectivity index (χ4n) is 5.23. The number of sulfonamides is 1. The van der Waals surface area contributed by atoms with Gasteiger partial charge in [0.05, 0.1) is 6.26 Å². The first-order chi connectivity index (χ1) is 17.9. The van der Waals surface area contributed by atoms with Crippen LogP contribution in [0.5, 0.6) is 5.75 Å². The van der Waals surface area contributed by atoms with E-state index in [0.29, 0.717) is 17.0 Å². The van der Waals surface area contributed by atoms with Gasteiger partial charge in [-0.2, -0.15) is 13.4 Å². The number of ether oxygens (including phenoxy) is 1. The van der Waals surface area contributed by atoms with E-state index in [4.69, 9.17) is 15.6 Å². The van der Waals surface area contributed by atoms with Crippen molar-refractivity contribution in [1.29, 1.82) is 0 Å². The number of benzene rings is 1. The van der Waals surface area contributed by atoms with Crippen molar-refractivity contribution in [3.05, 3.63) is 47.7 Å². The molecule has 1 saturated carbocycles. The number of carbonyl (C=O) groups is 2. The average molecular weight is 545 g/mol. The Balaban J connectivity index is 1.63. The van der Waals surface area contributed by atoms with Gasteiger partial charge in [0.15, 0.2) is 5.69 Å². The van der Waals surface area contributed by atoms with E-state index in [1.165, 1.54) is 13.0 Å². The molecule has 2 aromatic rings. The van der Waals surface area contributed by atoms with Gasteiger partial charge in [-0.1, -0.05) is 29.7 Å². The van der Waals surface area contributed by atoms with Gasteiger partial charge in [-0.05, 0) is 16.8 Å². The molecule has 38 heavy (non-hydrogen) atoms. The third-order valence-corrected chi connectivity index (χ3v) is 9.10. The van der Waals surface area contributed by atoms with Crippen molar-refractivity contribution in [2.24, 2.45) is 16.8 Å². The number of likely N-dealkylation sites (tertiary alicyclic amines) is 1. The van der Waals surface area contributed by atoms with E-state index in [0.717, 1.165) is 25.5 Å². The first-order valence-electron chi connectivity index (χ1n) is 12.6. The van der Waals surface area contributed by atoms with Gasteiger partial charge in [0.2, 0.25) is 5.91 Å². The molecule has 0 bridgehead atoms. The van der Waals surface area contributed by atoms with Crippen LogP contribution in [0.25, 0.3) is 0 Å². The number of primary amides is 1. The van der Waals surface area contributed by atoms with Crippen LogP contribution in [0.15, 0.2) is 41.5 Å². The summed E-state index contributed by atoms with van der Waals surface area (Å²) in [5.41, 5.74) is 4.88. The van der Waals surface area contributed by atoms with Crippen LogP contribution in [-0.2, 0) is 14.8 Å². The number of alkyl halides is 1. The van der Waals surface area contributed by atoms with Crippen molar-refractivity contribution in [2.45, 2.75) is 44.7 Å². The van der Waals surface area contributed by atoms with Crippen molar-refractivity contribution >= 4 is 39.1 Å². The molecule has 202 valence electrons. The molecular weight excluding hydrogens is 513 g/mol. The number of hydrogen-bond donors (Lipinski definition) is 1. The van der Waals surface area contributed by atoms with Crippen molar-refractivity contribution in [2.75, 3.05) is 26.0 Å². The fraction of sp³-hybridized carbons (Fsp3) is 0.462. The molecule has 2 aliphatic heterocycles. The van der Waals surface area contributed by atoms with Crippen molar-refractivity contribution in [1.82, 2.24) is 13.9 Å². The van der Waals surface area contributed by atoms with Crippen molar-refractivity contribution in [3.8, 4) is 5.75 Å². The number of rotatable bonds is 7. The highest BCUT2D eigenvalue weighted by molar-refractivity contribution is 7.90. The zero-order valence-corrected chi connectivity index (χ0v) is 22.2. The molecule has 0 spiro atoms. The monoisotopic (exact) mass is 544 g/mol. The lowest BCUT2D eigenvalue weighted by Crippen LogP contribution is -2.46. The number of hydrogen-bond acceptors (Lipinski definition) is 7. The van der Waals surface area contributed by atoms with Crippen LogP contribution in [0.3, 0.4) is 0 Å². The van der Waals surface area contributed by atoms with Gasteiger partial charge < -0.3 is 15.4 Å². The van der Waals surface area contributed by atoms with Gasteiger partial charge in [0.25, 0.3) is 11.7 Å². The maximum atomic E-state index is 15.7. The highest BCUT2D eigenvalue weighted by Crippen LogP contribution is 2.50. The van der Waals surface area contributed by atoms with Gasteiger partial charge in [-0.3, -0.25) is 9.59 Å². The second-order valence-corrected chi connectivity index (χ2v) is 12.3. The average Bonchev–Trinajstić information content (AvgIpc) is 3.18. The normalized spacial score (nSPS) is 22.8. The Labute approximate surface area is 220 Å². The quantitative estimate of drug-likeness (QED) is 0.533. The molecule has 1 atom stereocenters. The van der Waals surface area contributed by atoms with E-state index in [1.54, 1.807) is 35.2 Å². The number of pyridine rings is 1. The summed E-state index contributed by atoms with van der Waals surface area (Å²) in [5, 5.41) is 4.79. The van der Waals surface area contributed by atoms with E-state index in [1.807, 2.05) is 0 Å². The molecule has 2 fully saturated rings. The number of fused-ring (bicyclic) bond motifs is 1. The second-order valence-electron chi connectivity index (χ2n) is 10.3. The second kappa shape index (κ2) is 9.42. The molecule has 1 aromatic heterocycles. The lowest BCUT2D eigenvalue weighted by Gasteiger charge is -2.35. The number of quaternary nitrogens is 1. The van der Waals surface area contributed by atoms with Crippen LogP contribution in [0, 0.1) is 5.92 Å². The summed E-state index contributed by atoms with van der Waals surface area (Å²) in [6.45, 7) is 1.66. The molecule has 10 nitrogen and oxygen atoms in total. The number of amides is 2. The lowest BCUT2D eigenvalue weighted by atomic mass is 9.79. The van der Waals surface area contributed by atoms with Crippen LogP contribution in [0.1, 0.15) is 55.1 Å². The fourth-order valence-corrected chi connectivity index (χ4v) is 6.42. The standard InChI is InChI=1S/C26H30FN5O5S/c1-17(33)31-13-11-26(27,12-14-31)16-37-21-15-20(24(28)34)29-25-22(21)23(18-7-6-8-18)30-32(25,38(2,35)36)19-9-4-3-5-10-19/h3-5,9-10,15,18H,6-8,11-14,16H2,1-2H3,(H-,28,34)/p+1. The predicted molar refractivity (Wildman–Crippen MR) is 140 cm³/mol. The molecule has 1 aliphatic carbocycles. The zero-order valence-electron chi connectivity index (χ0n) is 21.4. The molecular formula is C26H31FN5O5S+. The third-order valence-electron chi connectivity index (χ3n) is 7.68. The smallest absolute Gasteiger partial charge is 0.329 e. The summed E-state index contributed by atoms with van der Waals surface area (Å²) in [6, 6.07) is 9.78. The Morgan fingerprint density at radius 1 is 1.21 bits per heavy atom. The Morgan fingerprint density at radius 3 is 2.39 bits per heavy atom. The minimum absolute atomic E-state index is 0.00814. The number of halogens is 1. The van der Waals surface area contributed by atoms with Crippen LogP contribution >= 0.6 is 0 Å². The summed E-state index contributed by atoms with van der Waals surface area (Å²) in [4.78, 5) is 30.0. The predicted octanol–water partition coefficient (Wildman–Crippen LogP) is 3.03. The maximum absolute atomic E-state index is 15.7. The van der Waals surface area contributed by atoms with Gasteiger partial charge in [-0.25, -0.2) is 4.39 Å². The Kier molecular flexibility index (Phi) is 6.50. The maximum Gasteiger partial charge on any atom is 0.329 e. The molecule has 1 saturated heterocycles. The van der Waals surface area contributed by atoms with Crippen LogP contribution in [0.4, 0.5) is 15.9 Å². The zero-order chi connectivity index (χ0) is 27.3. The number of piperidine rings is 1. The third kappa shape index (κ3) is 4.35. The number of carbonyl (C=O) groups excluding carboxylic acids is 2. The molecule has 2 N–H and O–H groups in total. The van der Waals surface area contributed by atoms with E-state index in [-0.39, 0.29) is 61.6 Å². The van der Waals surface area contributed by atoms with Gasteiger partial charge >= 0.3 is 10.0 Å².